The molecule has 0 atom stereocenters. The van der Waals surface area contributed by atoms with Crippen molar-refractivity contribution < 1.29 is 5.11 Å². The van der Waals surface area contributed by atoms with Crippen LogP contribution in [0.25, 0.3) is 0 Å². The third kappa shape index (κ3) is 1.69. The molecular formula is C8H12N2O. The summed E-state index contributed by atoms with van der Waals surface area (Å²) in [5.41, 5.74) is 12.5. The number of phenolic OH excluding ortho intramolecular Hbond substituents is 1. The monoisotopic (exact) mass is 152 g/mol. The standard InChI is InChI=1S/C8H12N2O/c1-5-4-6(8(9)10)2-3-7(5)11/h2-4,8,11H,9-10H2,1H3. The number of hydrogen-bond donors (Lipinski definition) is 3. The van der Waals surface area contributed by atoms with Crippen LogP contribution < -0.4 is 11.5 Å². The molecule has 1 aromatic carbocycles. The lowest BCUT2D eigenvalue weighted by atomic mass is 10.1. The maximum absolute atomic E-state index is 9.14. The molecule has 1 rings (SSSR count). The van der Waals surface area contributed by atoms with Crippen molar-refractivity contribution in [1.82, 2.24) is 0 Å². The van der Waals surface area contributed by atoms with Crippen molar-refractivity contribution in [3.8, 4) is 5.75 Å². The summed E-state index contributed by atoms with van der Waals surface area (Å²) in [5.74, 6) is 0.273. The van der Waals surface area contributed by atoms with Crippen molar-refractivity contribution in [2.24, 2.45) is 11.5 Å². The van der Waals surface area contributed by atoms with Gasteiger partial charge >= 0.3 is 0 Å². The lowest BCUT2D eigenvalue weighted by molar-refractivity contribution is 0.470. The Morgan fingerprint density at radius 3 is 2.45 bits per heavy atom. The Hall–Kier alpha value is -1.06. The number of aryl methyl sites for hydroxylation is 1. The fourth-order valence-corrected chi connectivity index (χ4v) is 0.886. The number of hydrogen-bond acceptors (Lipinski definition) is 3. The first-order valence-electron chi connectivity index (χ1n) is 3.42. The molecule has 0 saturated heterocycles. The van der Waals surface area contributed by atoms with Crippen LogP contribution in [0.4, 0.5) is 0 Å². The average Bonchev–Trinajstić information content (AvgIpc) is 1.94. The van der Waals surface area contributed by atoms with Crippen molar-refractivity contribution in [2.45, 2.75) is 13.1 Å². The Kier molecular flexibility index (Phi) is 2.12. The largest absolute Gasteiger partial charge is 0.508 e. The fourth-order valence-electron chi connectivity index (χ4n) is 0.886. The van der Waals surface area contributed by atoms with Gasteiger partial charge in [0.25, 0.3) is 0 Å². The third-order valence-corrected chi connectivity index (χ3v) is 1.61. The zero-order chi connectivity index (χ0) is 8.43. The van der Waals surface area contributed by atoms with Crippen molar-refractivity contribution in [2.75, 3.05) is 0 Å². The molecule has 0 aliphatic rings. The van der Waals surface area contributed by atoms with E-state index in [4.69, 9.17) is 16.6 Å². The quantitative estimate of drug-likeness (QED) is 0.516. The first kappa shape index (κ1) is 8.04. The molecule has 1 aromatic rings. The second-order valence-electron chi connectivity index (χ2n) is 2.57. The minimum atomic E-state index is -0.464. The van der Waals surface area contributed by atoms with Gasteiger partial charge in [-0.1, -0.05) is 6.07 Å². The van der Waals surface area contributed by atoms with Crippen LogP contribution in [0.5, 0.6) is 5.75 Å². The lowest BCUT2D eigenvalue weighted by Crippen LogP contribution is -2.19. The molecule has 0 aliphatic carbocycles. The maximum atomic E-state index is 9.14. The topological polar surface area (TPSA) is 72.3 Å². The van der Waals surface area contributed by atoms with E-state index in [0.29, 0.717) is 0 Å². The van der Waals surface area contributed by atoms with Crippen molar-refractivity contribution in [3.05, 3.63) is 29.3 Å². The number of phenols is 1. The molecule has 0 bridgehead atoms. The predicted octanol–water partition coefficient (Wildman–Crippen LogP) is 0.617. The van der Waals surface area contributed by atoms with Crippen LogP contribution in [0, 0.1) is 6.92 Å². The van der Waals surface area contributed by atoms with E-state index in [-0.39, 0.29) is 5.75 Å². The van der Waals surface area contributed by atoms with Gasteiger partial charge in [-0.2, -0.15) is 0 Å². The first-order valence-corrected chi connectivity index (χ1v) is 3.42. The van der Waals surface area contributed by atoms with Gasteiger partial charge in [-0.15, -0.1) is 0 Å². The number of aromatic hydroxyl groups is 1. The van der Waals surface area contributed by atoms with E-state index in [0.717, 1.165) is 11.1 Å². The summed E-state index contributed by atoms with van der Waals surface area (Å²) in [6, 6.07) is 5.09. The van der Waals surface area contributed by atoms with Crippen LogP contribution in [0.2, 0.25) is 0 Å². The first-order chi connectivity index (χ1) is 5.11. The van der Waals surface area contributed by atoms with Crippen LogP contribution in [-0.4, -0.2) is 5.11 Å². The Bertz CT molecular complexity index is 258. The number of benzene rings is 1. The Morgan fingerprint density at radius 2 is 2.00 bits per heavy atom. The molecular weight excluding hydrogens is 140 g/mol. The van der Waals surface area contributed by atoms with Gasteiger partial charge in [0.15, 0.2) is 0 Å². The Morgan fingerprint density at radius 1 is 1.36 bits per heavy atom. The molecule has 0 aliphatic heterocycles. The number of rotatable bonds is 1. The SMILES string of the molecule is Cc1cc(C(N)N)ccc1O. The highest BCUT2D eigenvalue weighted by Gasteiger charge is 2.01. The van der Waals surface area contributed by atoms with E-state index in [1.54, 1.807) is 25.1 Å². The van der Waals surface area contributed by atoms with Gasteiger partial charge in [0, 0.05) is 0 Å². The normalized spacial score (nSPS) is 10.5. The molecule has 0 saturated carbocycles. The summed E-state index contributed by atoms with van der Waals surface area (Å²) in [7, 11) is 0. The van der Waals surface area contributed by atoms with E-state index in [1.165, 1.54) is 0 Å². The van der Waals surface area contributed by atoms with E-state index < -0.39 is 6.17 Å². The van der Waals surface area contributed by atoms with Crippen LogP contribution in [0.15, 0.2) is 18.2 Å². The van der Waals surface area contributed by atoms with Gasteiger partial charge in [0.05, 0.1) is 6.17 Å². The van der Waals surface area contributed by atoms with Crippen molar-refractivity contribution in [3.63, 3.8) is 0 Å². The van der Waals surface area contributed by atoms with E-state index in [2.05, 4.69) is 0 Å². The highest BCUT2D eigenvalue weighted by atomic mass is 16.3. The minimum Gasteiger partial charge on any atom is -0.508 e. The van der Waals surface area contributed by atoms with Gasteiger partial charge in [-0.25, -0.2) is 0 Å². The molecule has 0 radical (unpaired) electrons. The van der Waals surface area contributed by atoms with Crippen LogP contribution >= 0.6 is 0 Å². The van der Waals surface area contributed by atoms with Gasteiger partial charge in [0.2, 0.25) is 0 Å². The third-order valence-electron chi connectivity index (χ3n) is 1.61. The Balaban J connectivity index is 3.05. The molecule has 60 valence electrons. The molecule has 0 aromatic heterocycles. The number of nitrogens with two attached hydrogens (primary N) is 2. The molecule has 0 fully saturated rings. The van der Waals surface area contributed by atoms with Crippen molar-refractivity contribution >= 4 is 0 Å². The summed E-state index contributed by atoms with van der Waals surface area (Å²) in [6.07, 6.45) is -0.464. The van der Waals surface area contributed by atoms with Gasteiger partial charge in [-0.05, 0) is 30.2 Å². The molecule has 0 unspecified atom stereocenters. The van der Waals surface area contributed by atoms with E-state index >= 15 is 0 Å². The molecule has 3 nitrogen and oxygen atoms in total. The second kappa shape index (κ2) is 2.90. The second-order valence-corrected chi connectivity index (χ2v) is 2.57. The van der Waals surface area contributed by atoms with Crippen LogP contribution in [0.1, 0.15) is 17.3 Å². The Labute approximate surface area is 65.6 Å². The van der Waals surface area contributed by atoms with Crippen LogP contribution in [-0.2, 0) is 0 Å². The summed E-state index contributed by atoms with van der Waals surface area (Å²) in [6.45, 7) is 1.81. The van der Waals surface area contributed by atoms with E-state index in [1.807, 2.05) is 0 Å². The van der Waals surface area contributed by atoms with Crippen LogP contribution in [0.3, 0.4) is 0 Å². The summed E-state index contributed by atoms with van der Waals surface area (Å²) in [4.78, 5) is 0. The fraction of sp³-hybridized carbons (Fsp3) is 0.250. The molecule has 3 heteroatoms. The minimum absolute atomic E-state index is 0.273. The summed E-state index contributed by atoms with van der Waals surface area (Å²) < 4.78 is 0. The molecule has 0 spiro atoms. The zero-order valence-electron chi connectivity index (χ0n) is 6.41. The molecule has 0 heterocycles. The van der Waals surface area contributed by atoms with Crippen molar-refractivity contribution in [1.29, 1.82) is 0 Å². The van der Waals surface area contributed by atoms with Gasteiger partial charge < -0.3 is 16.6 Å². The van der Waals surface area contributed by atoms with Gasteiger partial charge in [0.1, 0.15) is 5.75 Å². The van der Waals surface area contributed by atoms with E-state index in [9.17, 15) is 0 Å². The van der Waals surface area contributed by atoms with Gasteiger partial charge in [-0.3, -0.25) is 0 Å². The molecule has 5 N–H and O–H groups in total. The predicted molar refractivity (Wildman–Crippen MR) is 44.0 cm³/mol. The average molecular weight is 152 g/mol. The summed E-state index contributed by atoms with van der Waals surface area (Å²) in [5, 5.41) is 9.14. The highest BCUT2D eigenvalue weighted by molar-refractivity contribution is 5.35. The smallest absolute Gasteiger partial charge is 0.118 e. The lowest BCUT2D eigenvalue weighted by Gasteiger charge is -2.06. The highest BCUT2D eigenvalue weighted by Crippen LogP contribution is 2.18. The zero-order valence-corrected chi connectivity index (χ0v) is 6.41. The molecule has 0 amide bonds. The maximum Gasteiger partial charge on any atom is 0.118 e. The molecule has 11 heavy (non-hydrogen) atoms. The summed E-state index contributed by atoms with van der Waals surface area (Å²) >= 11 is 0.